The summed E-state index contributed by atoms with van der Waals surface area (Å²) in [7, 11) is 1.87. The largest absolute Gasteiger partial charge is 0.379 e. The average molecular weight is 344 g/mol. The summed E-state index contributed by atoms with van der Waals surface area (Å²) in [4.78, 5) is 16.5. The molecule has 1 fully saturated rings. The SMILES string of the molecule is Cn1cc(CCC(=O)N[C@@H]2CCOC[C@H]2OCc2ccccn2)cn1. The summed E-state index contributed by atoms with van der Waals surface area (Å²) in [6, 6.07) is 5.70. The van der Waals surface area contributed by atoms with Gasteiger partial charge in [-0.15, -0.1) is 0 Å². The average Bonchev–Trinajstić information content (AvgIpc) is 3.05. The van der Waals surface area contributed by atoms with Crippen molar-refractivity contribution in [3.8, 4) is 0 Å². The van der Waals surface area contributed by atoms with E-state index in [-0.39, 0.29) is 18.1 Å². The van der Waals surface area contributed by atoms with Gasteiger partial charge < -0.3 is 14.8 Å². The molecule has 1 amide bonds. The number of nitrogens with zero attached hydrogens (tertiary/aromatic N) is 3. The number of ether oxygens (including phenoxy) is 2. The van der Waals surface area contributed by atoms with Crippen LogP contribution < -0.4 is 5.32 Å². The molecule has 7 nitrogen and oxygen atoms in total. The second-order valence-electron chi connectivity index (χ2n) is 6.23. The molecule has 0 bridgehead atoms. The van der Waals surface area contributed by atoms with Crippen LogP contribution in [0.25, 0.3) is 0 Å². The van der Waals surface area contributed by atoms with Crippen LogP contribution in [0.5, 0.6) is 0 Å². The fourth-order valence-electron chi connectivity index (χ4n) is 2.85. The van der Waals surface area contributed by atoms with Gasteiger partial charge >= 0.3 is 0 Å². The van der Waals surface area contributed by atoms with E-state index >= 15 is 0 Å². The molecule has 0 spiro atoms. The van der Waals surface area contributed by atoms with Crippen LogP contribution in [-0.4, -0.2) is 46.0 Å². The highest BCUT2D eigenvalue weighted by molar-refractivity contribution is 5.76. The molecule has 1 aliphatic rings. The second kappa shape index (κ2) is 8.73. The Morgan fingerprint density at radius 1 is 1.48 bits per heavy atom. The topological polar surface area (TPSA) is 78.3 Å². The minimum Gasteiger partial charge on any atom is -0.379 e. The first-order valence-corrected chi connectivity index (χ1v) is 8.57. The molecule has 0 unspecified atom stereocenters. The van der Waals surface area contributed by atoms with Crippen LogP contribution in [0.2, 0.25) is 0 Å². The highest BCUT2D eigenvalue weighted by Crippen LogP contribution is 2.14. The molecule has 7 heteroatoms. The van der Waals surface area contributed by atoms with E-state index in [0.717, 1.165) is 17.7 Å². The van der Waals surface area contributed by atoms with Gasteiger partial charge in [0.2, 0.25) is 5.91 Å². The molecule has 2 atom stereocenters. The van der Waals surface area contributed by atoms with E-state index < -0.39 is 0 Å². The van der Waals surface area contributed by atoms with Crippen LogP contribution >= 0.6 is 0 Å². The third-order valence-electron chi connectivity index (χ3n) is 4.22. The van der Waals surface area contributed by atoms with Gasteiger partial charge in [-0.05, 0) is 30.5 Å². The van der Waals surface area contributed by atoms with E-state index in [1.807, 2.05) is 31.4 Å². The van der Waals surface area contributed by atoms with Gasteiger partial charge in [0.25, 0.3) is 0 Å². The lowest BCUT2D eigenvalue weighted by Gasteiger charge is -2.32. The smallest absolute Gasteiger partial charge is 0.220 e. The standard InChI is InChI=1S/C18H24N4O3/c1-22-11-14(10-20-22)5-6-18(23)21-16-7-9-24-13-17(16)25-12-15-4-2-3-8-19-15/h2-4,8,10-11,16-17H,5-7,9,12-13H2,1H3,(H,21,23)/t16-,17-/m1/s1. The van der Waals surface area contributed by atoms with Crippen LogP contribution in [0.3, 0.4) is 0 Å². The van der Waals surface area contributed by atoms with E-state index in [2.05, 4.69) is 15.4 Å². The summed E-state index contributed by atoms with van der Waals surface area (Å²) in [6.45, 7) is 1.54. The molecule has 1 saturated heterocycles. The number of aromatic nitrogens is 3. The number of carbonyl (C=O) groups excluding carboxylic acids is 1. The predicted molar refractivity (Wildman–Crippen MR) is 91.7 cm³/mol. The van der Waals surface area contributed by atoms with Gasteiger partial charge in [0.05, 0.1) is 31.1 Å². The van der Waals surface area contributed by atoms with E-state index in [9.17, 15) is 4.79 Å². The normalized spacial score (nSPS) is 20.4. The van der Waals surface area contributed by atoms with Crippen LogP contribution in [-0.2, 0) is 34.3 Å². The van der Waals surface area contributed by atoms with E-state index in [0.29, 0.717) is 32.7 Å². The van der Waals surface area contributed by atoms with Gasteiger partial charge in [-0.1, -0.05) is 6.07 Å². The number of aryl methyl sites for hydroxylation is 2. The molecule has 1 aliphatic heterocycles. The van der Waals surface area contributed by atoms with Crippen molar-refractivity contribution in [3.63, 3.8) is 0 Å². The van der Waals surface area contributed by atoms with Crippen LogP contribution in [0.4, 0.5) is 0 Å². The van der Waals surface area contributed by atoms with Crippen LogP contribution in [0.15, 0.2) is 36.8 Å². The number of carbonyl (C=O) groups is 1. The number of hydrogen-bond acceptors (Lipinski definition) is 5. The number of rotatable bonds is 7. The van der Waals surface area contributed by atoms with E-state index in [1.165, 1.54) is 0 Å². The van der Waals surface area contributed by atoms with Crippen molar-refractivity contribution in [1.82, 2.24) is 20.1 Å². The fourth-order valence-corrected chi connectivity index (χ4v) is 2.85. The molecule has 134 valence electrons. The van der Waals surface area contributed by atoms with Crippen molar-refractivity contribution in [2.45, 2.75) is 38.0 Å². The third-order valence-corrected chi connectivity index (χ3v) is 4.22. The highest BCUT2D eigenvalue weighted by Gasteiger charge is 2.28. The Balaban J connectivity index is 1.47. The van der Waals surface area contributed by atoms with Crippen molar-refractivity contribution in [3.05, 3.63) is 48.0 Å². The second-order valence-corrected chi connectivity index (χ2v) is 6.23. The lowest BCUT2D eigenvalue weighted by molar-refractivity contribution is -0.126. The zero-order valence-corrected chi connectivity index (χ0v) is 14.4. The lowest BCUT2D eigenvalue weighted by Crippen LogP contribution is -2.50. The first-order chi connectivity index (χ1) is 12.2. The van der Waals surface area contributed by atoms with Gasteiger partial charge in [-0.25, -0.2) is 0 Å². The summed E-state index contributed by atoms with van der Waals surface area (Å²) in [6.07, 6.45) is 7.19. The molecule has 0 aliphatic carbocycles. The van der Waals surface area contributed by atoms with Crippen molar-refractivity contribution < 1.29 is 14.3 Å². The van der Waals surface area contributed by atoms with Gasteiger partial charge in [0.15, 0.2) is 0 Å². The monoisotopic (exact) mass is 344 g/mol. The Bertz CT molecular complexity index is 674. The van der Waals surface area contributed by atoms with Crippen molar-refractivity contribution in [2.24, 2.45) is 7.05 Å². The van der Waals surface area contributed by atoms with Crippen LogP contribution in [0, 0.1) is 0 Å². The Kier molecular flexibility index (Phi) is 6.14. The van der Waals surface area contributed by atoms with Crippen molar-refractivity contribution in [2.75, 3.05) is 13.2 Å². The molecule has 3 heterocycles. The molecule has 0 aromatic carbocycles. The summed E-state index contributed by atoms with van der Waals surface area (Å²) in [5, 5.41) is 7.21. The molecule has 1 N–H and O–H groups in total. The maximum absolute atomic E-state index is 12.3. The molecule has 2 aromatic heterocycles. The fraction of sp³-hybridized carbons (Fsp3) is 0.500. The van der Waals surface area contributed by atoms with Crippen LogP contribution in [0.1, 0.15) is 24.1 Å². The summed E-state index contributed by atoms with van der Waals surface area (Å²) in [5.41, 5.74) is 1.93. The molecule has 0 saturated carbocycles. The highest BCUT2D eigenvalue weighted by atomic mass is 16.5. The van der Waals surface area contributed by atoms with Gasteiger partial charge in [-0.2, -0.15) is 5.10 Å². The van der Waals surface area contributed by atoms with Crippen molar-refractivity contribution >= 4 is 5.91 Å². The number of amides is 1. The third kappa shape index (κ3) is 5.37. The summed E-state index contributed by atoms with van der Waals surface area (Å²) in [5.74, 6) is 0.0298. The first-order valence-electron chi connectivity index (χ1n) is 8.57. The maximum Gasteiger partial charge on any atom is 0.220 e. The maximum atomic E-state index is 12.3. The molecular formula is C18H24N4O3. The number of hydrogen-bond donors (Lipinski definition) is 1. The minimum absolute atomic E-state index is 0.0288. The molecular weight excluding hydrogens is 320 g/mol. The Morgan fingerprint density at radius 3 is 3.16 bits per heavy atom. The Labute approximate surface area is 147 Å². The molecule has 0 radical (unpaired) electrons. The summed E-state index contributed by atoms with van der Waals surface area (Å²) < 4.78 is 13.2. The quantitative estimate of drug-likeness (QED) is 0.818. The van der Waals surface area contributed by atoms with E-state index in [4.69, 9.17) is 9.47 Å². The Hall–Kier alpha value is -2.25. The minimum atomic E-state index is -0.155. The molecule has 2 aromatic rings. The molecule has 25 heavy (non-hydrogen) atoms. The van der Waals surface area contributed by atoms with Gasteiger partial charge in [0, 0.05) is 32.5 Å². The summed E-state index contributed by atoms with van der Waals surface area (Å²) >= 11 is 0. The Morgan fingerprint density at radius 2 is 2.40 bits per heavy atom. The zero-order valence-electron chi connectivity index (χ0n) is 14.4. The van der Waals surface area contributed by atoms with E-state index in [1.54, 1.807) is 17.1 Å². The predicted octanol–water partition coefficient (Wildman–Crippen LogP) is 1.24. The van der Waals surface area contributed by atoms with Gasteiger partial charge in [-0.3, -0.25) is 14.5 Å². The number of pyridine rings is 1. The van der Waals surface area contributed by atoms with Gasteiger partial charge in [0.1, 0.15) is 6.10 Å². The lowest BCUT2D eigenvalue weighted by atomic mass is 10.1. The zero-order chi connectivity index (χ0) is 17.5. The first kappa shape index (κ1) is 17.6. The van der Waals surface area contributed by atoms with Crippen molar-refractivity contribution in [1.29, 1.82) is 0 Å². The number of nitrogens with one attached hydrogen (secondary N) is 1. The molecule has 3 rings (SSSR count).